The van der Waals surface area contributed by atoms with Crippen LogP contribution >= 0.6 is 0 Å². The summed E-state index contributed by atoms with van der Waals surface area (Å²) in [7, 11) is 3.59. The first kappa shape index (κ1) is 19.6. The lowest BCUT2D eigenvalue weighted by Gasteiger charge is -2.35. The molecule has 154 valence electrons. The maximum atomic E-state index is 12.5. The van der Waals surface area contributed by atoms with Crippen molar-refractivity contribution in [1.29, 1.82) is 0 Å². The molecule has 1 aromatic carbocycles. The van der Waals surface area contributed by atoms with Gasteiger partial charge in [0.05, 0.1) is 25.5 Å². The van der Waals surface area contributed by atoms with Crippen LogP contribution in [0.5, 0.6) is 0 Å². The number of nitrogens with zero attached hydrogens (tertiary/aromatic N) is 5. The van der Waals surface area contributed by atoms with Crippen molar-refractivity contribution in [3.05, 3.63) is 52.5 Å². The summed E-state index contributed by atoms with van der Waals surface area (Å²) in [6.07, 6.45) is 1.47. The number of rotatable bonds is 3. The van der Waals surface area contributed by atoms with E-state index < -0.39 is 0 Å². The number of fused-ring (bicyclic) bond motifs is 1. The fourth-order valence-corrected chi connectivity index (χ4v) is 4.01. The van der Waals surface area contributed by atoms with Crippen LogP contribution in [0.3, 0.4) is 0 Å². The lowest BCUT2D eigenvalue weighted by Crippen LogP contribution is -2.44. The molecule has 0 spiro atoms. The van der Waals surface area contributed by atoms with Crippen molar-refractivity contribution in [1.82, 2.24) is 19.8 Å². The van der Waals surface area contributed by atoms with Crippen LogP contribution in [0.15, 0.2) is 24.3 Å². The van der Waals surface area contributed by atoms with Crippen LogP contribution in [0.2, 0.25) is 0 Å². The van der Waals surface area contributed by atoms with Crippen LogP contribution in [0.25, 0.3) is 0 Å². The number of hydrogen-bond donors (Lipinski definition) is 0. The summed E-state index contributed by atoms with van der Waals surface area (Å²) < 4.78 is 5.54. The Labute approximate surface area is 172 Å². The van der Waals surface area contributed by atoms with Gasteiger partial charge in [0.15, 0.2) is 0 Å². The Kier molecular flexibility index (Phi) is 5.67. The number of urea groups is 1. The summed E-state index contributed by atoms with van der Waals surface area (Å²) in [4.78, 5) is 28.2. The number of amides is 2. The van der Waals surface area contributed by atoms with Crippen molar-refractivity contribution in [2.24, 2.45) is 0 Å². The summed E-state index contributed by atoms with van der Waals surface area (Å²) in [6.45, 7) is 6.38. The minimum atomic E-state index is 0.0346. The fraction of sp³-hybridized carbons (Fsp3) is 0.500. The molecule has 0 radical (unpaired) electrons. The molecule has 4 rings (SSSR count). The van der Waals surface area contributed by atoms with Crippen molar-refractivity contribution in [3.63, 3.8) is 0 Å². The quantitative estimate of drug-likeness (QED) is 0.798. The average molecular weight is 396 g/mol. The molecular formula is C22H29N5O2. The molecule has 2 aliphatic heterocycles. The SMILES string of the molecule is Cc1cccc(Cc2nc3c(c(N4CCOCC4)n2)CN(C(=O)N(C)C)CC3)c1. The van der Waals surface area contributed by atoms with Crippen molar-refractivity contribution >= 4 is 11.8 Å². The lowest BCUT2D eigenvalue weighted by atomic mass is 10.0. The molecule has 2 amide bonds. The number of morpholine rings is 1. The van der Waals surface area contributed by atoms with E-state index in [4.69, 9.17) is 14.7 Å². The molecule has 0 N–H and O–H groups in total. The molecule has 0 aliphatic carbocycles. The second-order valence-corrected chi connectivity index (χ2v) is 8.00. The van der Waals surface area contributed by atoms with E-state index >= 15 is 0 Å². The predicted octanol–water partition coefficient (Wildman–Crippen LogP) is 2.25. The molecular weight excluding hydrogens is 366 g/mol. The fourth-order valence-electron chi connectivity index (χ4n) is 4.01. The Hall–Kier alpha value is -2.67. The molecule has 2 aliphatic rings. The predicted molar refractivity (Wildman–Crippen MR) is 112 cm³/mol. The van der Waals surface area contributed by atoms with Gasteiger partial charge in [-0.15, -0.1) is 0 Å². The number of carbonyl (C=O) groups is 1. The Morgan fingerprint density at radius 2 is 1.97 bits per heavy atom. The highest BCUT2D eigenvalue weighted by Gasteiger charge is 2.28. The van der Waals surface area contributed by atoms with Gasteiger partial charge >= 0.3 is 6.03 Å². The third-order valence-corrected chi connectivity index (χ3v) is 5.49. The van der Waals surface area contributed by atoms with Crippen LogP contribution in [0.4, 0.5) is 10.6 Å². The first-order valence-electron chi connectivity index (χ1n) is 10.2. The van der Waals surface area contributed by atoms with Crippen LogP contribution in [0.1, 0.15) is 28.2 Å². The van der Waals surface area contributed by atoms with Gasteiger partial charge in [-0.1, -0.05) is 29.8 Å². The highest BCUT2D eigenvalue weighted by Crippen LogP contribution is 2.28. The highest BCUT2D eigenvalue weighted by atomic mass is 16.5. The van der Waals surface area contributed by atoms with Crippen LogP contribution in [0, 0.1) is 6.92 Å². The second kappa shape index (κ2) is 8.37. The number of hydrogen-bond acceptors (Lipinski definition) is 5. The molecule has 7 heteroatoms. The first-order chi connectivity index (χ1) is 14.0. The topological polar surface area (TPSA) is 61.8 Å². The van der Waals surface area contributed by atoms with Gasteiger partial charge < -0.3 is 19.4 Å². The highest BCUT2D eigenvalue weighted by molar-refractivity contribution is 5.74. The van der Waals surface area contributed by atoms with Gasteiger partial charge in [-0.05, 0) is 12.5 Å². The van der Waals surface area contributed by atoms with Gasteiger partial charge in [-0.3, -0.25) is 0 Å². The molecule has 1 saturated heterocycles. The normalized spacial score (nSPS) is 16.5. The number of carbonyl (C=O) groups excluding carboxylic acids is 1. The molecule has 3 heterocycles. The zero-order valence-corrected chi connectivity index (χ0v) is 17.5. The smallest absolute Gasteiger partial charge is 0.319 e. The molecule has 29 heavy (non-hydrogen) atoms. The van der Waals surface area contributed by atoms with E-state index in [9.17, 15) is 4.79 Å². The molecule has 0 unspecified atom stereocenters. The monoisotopic (exact) mass is 395 g/mol. The van der Waals surface area contributed by atoms with Crippen molar-refractivity contribution in [2.75, 3.05) is 51.8 Å². The third-order valence-electron chi connectivity index (χ3n) is 5.49. The van der Waals surface area contributed by atoms with E-state index in [2.05, 4.69) is 36.1 Å². The van der Waals surface area contributed by atoms with Gasteiger partial charge in [0.1, 0.15) is 11.6 Å². The average Bonchev–Trinajstić information content (AvgIpc) is 2.73. The van der Waals surface area contributed by atoms with Crippen molar-refractivity contribution < 1.29 is 9.53 Å². The standard InChI is InChI=1S/C22H29N5O2/c1-16-5-4-6-17(13-16)14-20-23-19-7-8-27(22(28)25(2)3)15-18(19)21(24-20)26-9-11-29-12-10-26/h4-6,13H,7-12,14-15H2,1-3H3. The molecule has 1 aromatic heterocycles. The molecule has 1 fully saturated rings. The lowest BCUT2D eigenvalue weighted by molar-refractivity contribution is 0.122. The number of ether oxygens (including phenoxy) is 1. The Balaban J connectivity index is 1.68. The van der Waals surface area contributed by atoms with Crippen LogP contribution in [-0.2, 0) is 24.1 Å². The third kappa shape index (κ3) is 4.34. The second-order valence-electron chi connectivity index (χ2n) is 8.00. The number of aromatic nitrogens is 2. The Morgan fingerprint density at radius 3 is 2.69 bits per heavy atom. The van der Waals surface area contributed by atoms with E-state index in [1.54, 1.807) is 19.0 Å². The van der Waals surface area contributed by atoms with Crippen LogP contribution < -0.4 is 4.90 Å². The van der Waals surface area contributed by atoms with E-state index in [0.29, 0.717) is 32.7 Å². The van der Waals surface area contributed by atoms with Crippen molar-refractivity contribution in [2.45, 2.75) is 26.3 Å². The minimum Gasteiger partial charge on any atom is -0.378 e. The van der Waals surface area contributed by atoms with E-state index in [0.717, 1.165) is 42.4 Å². The largest absolute Gasteiger partial charge is 0.378 e. The summed E-state index contributed by atoms with van der Waals surface area (Å²) in [5.74, 6) is 1.82. The van der Waals surface area contributed by atoms with Gasteiger partial charge in [0.2, 0.25) is 0 Å². The maximum absolute atomic E-state index is 12.5. The minimum absolute atomic E-state index is 0.0346. The Bertz CT molecular complexity index is 893. The molecule has 0 atom stereocenters. The molecule has 0 saturated carbocycles. The number of anilines is 1. The summed E-state index contributed by atoms with van der Waals surface area (Å²) in [6, 6.07) is 8.53. The van der Waals surface area contributed by atoms with E-state index in [1.165, 1.54) is 11.1 Å². The molecule has 7 nitrogen and oxygen atoms in total. The maximum Gasteiger partial charge on any atom is 0.319 e. The number of benzene rings is 1. The van der Waals surface area contributed by atoms with E-state index in [-0.39, 0.29) is 6.03 Å². The summed E-state index contributed by atoms with van der Waals surface area (Å²) in [5.41, 5.74) is 4.62. The Morgan fingerprint density at radius 1 is 1.17 bits per heavy atom. The van der Waals surface area contributed by atoms with Gasteiger partial charge in [-0.2, -0.15) is 0 Å². The summed E-state index contributed by atoms with van der Waals surface area (Å²) in [5, 5.41) is 0. The number of aryl methyl sites for hydroxylation is 1. The zero-order chi connectivity index (χ0) is 20.4. The van der Waals surface area contributed by atoms with Gasteiger partial charge in [-0.25, -0.2) is 14.8 Å². The first-order valence-corrected chi connectivity index (χ1v) is 10.2. The molecule has 0 bridgehead atoms. The van der Waals surface area contributed by atoms with Crippen LogP contribution in [-0.4, -0.2) is 72.7 Å². The van der Waals surface area contributed by atoms with E-state index in [1.807, 2.05) is 4.90 Å². The van der Waals surface area contributed by atoms with Gasteiger partial charge in [0.25, 0.3) is 0 Å². The zero-order valence-electron chi connectivity index (χ0n) is 17.5. The summed E-state index contributed by atoms with van der Waals surface area (Å²) >= 11 is 0. The van der Waals surface area contributed by atoms with Crippen molar-refractivity contribution in [3.8, 4) is 0 Å². The molecule has 2 aromatic rings. The van der Waals surface area contributed by atoms with Gasteiger partial charge in [0, 0.05) is 52.1 Å².